The van der Waals surface area contributed by atoms with Crippen LogP contribution in [0.2, 0.25) is 0 Å². The van der Waals surface area contributed by atoms with Crippen molar-refractivity contribution in [1.82, 2.24) is 30.3 Å². The number of para-hydroxylation sites is 1. The van der Waals surface area contributed by atoms with Crippen LogP contribution in [0.3, 0.4) is 0 Å². The third-order valence-electron chi connectivity index (χ3n) is 2.98. The molecule has 0 aliphatic rings. The molecule has 0 atom stereocenters. The Kier molecular flexibility index (Phi) is 2.92. The first-order valence-corrected chi connectivity index (χ1v) is 6.07. The van der Waals surface area contributed by atoms with Gasteiger partial charge in [-0.15, -0.1) is 5.10 Å². The molecule has 2 aromatic heterocycles. The highest BCUT2D eigenvalue weighted by atomic mass is 15.5. The van der Waals surface area contributed by atoms with Crippen LogP contribution in [0.4, 0.5) is 0 Å². The van der Waals surface area contributed by atoms with Gasteiger partial charge >= 0.3 is 0 Å². The van der Waals surface area contributed by atoms with Crippen LogP contribution in [0, 0.1) is 6.92 Å². The third kappa shape index (κ3) is 2.06. The second kappa shape index (κ2) is 4.74. The highest BCUT2D eigenvalue weighted by molar-refractivity contribution is 5.75. The largest absolute Gasteiger partial charge is 0.316 e. The van der Waals surface area contributed by atoms with Crippen LogP contribution < -0.4 is 5.32 Å². The lowest BCUT2D eigenvalue weighted by Gasteiger charge is -2.06. The fraction of sp³-hybridized carbons (Fsp3) is 0.231. The van der Waals surface area contributed by atoms with Gasteiger partial charge in [-0.1, -0.05) is 17.3 Å². The molecule has 6 heteroatoms. The molecule has 0 saturated heterocycles. The molecule has 0 bridgehead atoms. The molecule has 0 spiro atoms. The second-order valence-electron chi connectivity index (χ2n) is 4.30. The summed E-state index contributed by atoms with van der Waals surface area (Å²) >= 11 is 0. The molecule has 96 valence electrons. The van der Waals surface area contributed by atoms with E-state index in [1.807, 2.05) is 44.4 Å². The fourth-order valence-electron chi connectivity index (χ4n) is 1.96. The number of nitrogens with zero attached hydrogens (tertiary/aromatic N) is 5. The Morgan fingerprint density at radius 3 is 2.89 bits per heavy atom. The highest BCUT2D eigenvalue weighted by Gasteiger charge is 2.09. The van der Waals surface area contributed by atoms with E-state index in [0.29, 0.717) is 5.95 Å². The van der Waals surface area contributed by atoms with E-state index in [2.05, 4.69) is 25.6 Å². The molecule has 0 fully saturated rings. The smallest absolute Gasteiger partial charge is 0.252 e. The van der Waals surface area contributed by atoms with Gasteiger partial charge in [-0.2, -0.15) is 4.68 Å². The van der Waals surface area contributed by atoms with Gasteiger partial charge < -0.3 is 5.32 Å². The minimum atomic E-state index is 0.547. The standard InChI is InChI=1S/C13H14N6/c1-9-10(7-14-2)8-15-13(16-9)19-12-6-4-3-5-11(12)17-18-19/h3-6,8,14H,7H2,1-2H3. The summed E-state index contributed by atoms with van der Waals surface area (Å²) in [5, 5.41) is 11.3. The molecule has 2 heterocycles. The monoisotopic (exact) mass is 254 g/mol. The lowest BCUT2D eigenvalue weighted by Crippen LogP contribution is -2.11. The Morgan fingerprint density at radius 1 is 1.26 bits per heavy atom. The Bertz CT molecular complexity index is 718. The number of aromatic nitrogens is 5. The zero-order valence-corrected chi connectivity index (χ0v) is 10.8. The van der Waals surface area contributed by atoms with E-state index in [0.717, 1.165) is 28.8 Å². The summed E-state index contributed by atoms with van der Waals surface area (Å²) in [6.07, 6.45) is 1.82. The molecule has 1 aromatic carbocycles. The molecule has 19 heavy (non-hydrogen) atoms. The van der Waals surface area contributed by atoms with Crippen molar-refractivity contribution in [3.63, 3.8) is 0 Å². The van der Waals surface area contributed by atoms with Gasteiger partial charge in [-0.3, -0.25) is 0 Å². The van der Waals surface area contributed by atoms with Crippen molar-refractivity contribution in [2.75, 3.05) is 7.05 Å². The SMILES string of the molecule is CNCc1cnc(-n2nnc3ccccc32)nc1C. The Hall–Kier alpha value is -2.34. The second-order valence-corrected chi connectivity index (χ2v) is 4.30. The quantitative estimate of drug-likeness (QED) is 0.761. The van der Waals surface area contributed by atoms with Crippen LogP contribution in [-0.4, -0.2) is 32.0 Å². The fourth-order valence-corrected chi connectivity index (χ4v) is 1.96. The van der Waals surface area contributed by atoms with Crippen LogP contribution in [0.5, 0.6) is 0 Å². The summed E-state index contributed by atoms with van der Waals surface area (Å²) in [5.74, 6) is 0.547. The Labute approximate surface area is 110 Å². The summed E-state index contributed by atoms with van der Waals surface area (Å²) in [6.45, 7) is 2.72. The van der Waals surface area contributed by atoms with Crippen LogP contribution in [0.15, 0.2) is 30.5 Å². The van der Waals surface area contributed by atoms with Crippen LogP contribution in [-0.2, 0) is 6.54 Å². The van der Waals surface area contributed by atoms with Crippen LogP contribution in [0.1, 0.15) is 11.3 Å². The van der Waals surface area contributed by atoms with Gasteiger partial charge in [0.25, 0.3) is 5.95 Å². The first-order chi connectivity index (χ1) is 9.29. The zero-order valence-electron chi connectivity index (χ0n) is 10.8. The minimum Gasteiger partial charge on any atom is -0.316 e. The van der Waals surface area contributed by atoms with Gasteiger partial charge in [-0.05, 0) is 26.1 Å². The number of nitrogens with one attached hydrogen (secondary N) is 1. The van der Waals surface area contributed by atoms with Crippen molar-refractivity contribution < 1.29 is 0 Å². The molecular formula is C13H14N6. The minimum absolute atomic E-state index is 0.547. The lowest BCUT2D eigenvalue weighted by atomic mass is 10.2. The molecule has 1 N–H and O–H groups in total. The lowest BCUT2D eigenvalue weighted by molar-refractivity contribution is 0.748. The average molecular weight is 254 g/mol. The number of hydrogen-bond acceptors (Lipinski definition) is 5. The van der Waals surface area contributed by atoms with E-state index < -0.39 is 0 Å². The molecule has 3 aromatic rings. The van der Waals surface area contributed by atoms with Gasteiger partial charge in [0.05, 0.1) is 5.52 Å². The summed E-state index contributed by atoms with van der Waals surface area (Å²) in [7, 11) is 1.90. The maximum absolute atomic E-state index is 4.49. The van der Waals surface area contributed by atoms with Crippen molar-refractivity contribution in [3.8, 4) is 5.95 Å². The number of hydrogen-bond donors (Lipinski definition) is 1. The summed E-state index contributed by atoms with van der Waals surface area (Å²) < 4.78 is 1.66. The molecule has 0 amide bonds. The van der Waals surface area contributed by atoms with Gasteiger partial charge in [0.2, 0.25) is 0 Å². The number of rotatable bonds is 3. The first kappa shape index (κ1) is 11.7. The molecule has 0 aliphatic carbocycles. The predicted molar refractivity (Wildman–Crippen MR) is 72.0 cm³/mol. The molecule has 0 aliphatic heterocycles. The number of aryl methyl sites for hydroxylation is 1. The van der Waals surface area contributed by atoms with Gasteiger partial charge in [0.1, 0.15) is 5.52 Å². The number of benzene rings is 1. The predicted octanol–water partition coefficient (Wildman–Crippen LogP) is 1.24. The molecule has 0 radical (unpaired) electrons. The van der Waals surface area contributed by atoms with E-state index in [1.165, 1.54) is 0 Å². The number of fused-ring (bicyclic) bond motifs is 1. The molecule has 0 saturated carbocycles. The van der Waals surface area contributed by atoms with Crippen LogP contribution >= 0.6 is 0 Å². The van der Waals surface area contributed by atoms with E-state index in [4.69, 9.17) is 0 Å². The maximum atomic E-state index is 4.49. The van der Waals surface area contributed by atoms with Crippen molar-refractivity contribution in [2.45, 2.75) is 13.5 Å². The highest BCUT2D eigenvalue weighted by Crippen LogP contribution is 2.14. The summed E-state index contributed by atoms with van der Waals surface area (Å²) in [5.41, 5.74) is 3.76. The average Bonchev–Trinajstić information content (AvgIpc) is 2.85. The van der Waals surface area contributed by atoms with Crippen molar-refractivity contribution >= 4 is 11.0 Å². The normalized spacial score (nSPS) is 11.1. The van der Waals surface area contributed by atoms with Crippen molar-refractivity contribution in [1.29, 1.82) is 0 Å². The first-order valence-electron chi connectivity index (χ1n) is 6.07. The maximum Gasteiger partial charge on any atom is 0.252 e. The van der Waals surface area contributed by atoms with Crippen LogP contribution in [0.25, 0.3) is 17.0 Å². The van der Waals surface area contributed by atoms with E-state index in [9.17, 15) is 0 Å². The molecule has 0 unspecified atom stereocenters. The molecular weight excluding hydrogens is 240 g/mol. The van der Waals surface area contributed by atoms with Crippen molar-refractivity contribution in [3.05, 3.63) is 41.7 Å². The van der Waals surface area contributed by atoms with Gasteiger partial charge in [0.15, 0.2) is 0 Å². The summed E-state index contributed by atoms with van der Waals surface area (Å²) in [4.78, 5) is 8.85. The van der Waals surface area contributed by atoms with E-state index >= 15 is 0 Å². The van der Waals surface area contributed by atoms with E-state index in [1.54, 1.807) is 4.68 Å². The zero-order chi connectivity index (χ0) is 13.2. The van der Waals surface area contributed by atoms with Crippen molar-refractivity contribution in [2.24, 2.45) is 0 Å². The molecule has 6 nitrogen and oxygen atoms in total. The molecule has 3 rings (SSSR count). The van der Waals surface area contributed by atoms with E-state index in [-0.39, 0.29) is 0 Å². The van der Waals surface area contributed by atoms with Gasteiger partial charge in [-0.25, -0.2) is 9.97 Å². The van der Waals surface area contributed by atoms with Gasteiger partial charge in [0, 0.05) is 24.0 Å². The Balaban J connectivity index is 2.09. The third-order valence-corrected chi connectivity index (χ3v) is 2.98. The summed E-state index contributed by atoms with van der Waals surface area (Å²) in [6, 6.07) is 7.75. The Morgan fingerprint density at radius 2 is 2.11 bits per heavy atom. The topological polar surface area (TPSA) is 68.5 Å².